The van der Waals surface area contributed by atoms with Gasteiger partial charge >= 0.3 is 5.97 Å². The van der Waals surface area contributed by atoms with Crippen molar-refractivity contribution >= 4 is 33.2 Å². The monoisotopic (exact) mass is 489 g/mol. The second kappa shape index (κ2) is 10.6. The van der Waals surface area contributed by atoms with E-state index in [4.69, 9.17) is 9.47 Å². The first-order valence-electron chi connectivity index (χ1n) is 9.67. The lowest BCUT2D eigenvalue weighted by atomic mass is 10.1. The zero-order valence-electron chi connectivity index (χ0n) is 17.2. The average molecular weight is 490 g/mol. The molecule has 0 bridgehead atoms. The van der Waals surface area contributed by atoms with Crippen LogP contribution in [0.2, 0.25) is 0 Å². The molecule has 0 atom stereocenters. The van der Waals surface area contributed by atoms with Crippen molar-refractivity contribution < 1.29 is 19.0 Å². The van der Waals surface area contributed by atoms with Crippen molar-refractivity contribution in [2.45, 2.75) is 33.3 Å². The quantitative estimate of drug-likeness (QED) is 0.346. The van der Waals surface area contributed by atoms with E-state index in [2.05, 4.69) is 56.8 Å². The van der Waals surface area contributed by atoms with Crippen molar-refractivity contribution in [3.63, 3.8) is 0 Å². The third-order valence-corrected chi connectivity index (χ3v) is 6.38. The highest BCUT2D eigenvalue weighted by Gasteiger charge is 2.12. The van der Waals surface area contributed by atoms with Crippen LogP contribution in [-0.4, -0.2) is 24.7 Å². The predicted octanol–water partition coefficient (Wildman–Crippen LogP) is 5.96. The molecule has 0 spiro atoms. The van der Waals surface area contributed by atoms with E-state index in [1.54, 1.807) is 17.4 Å². The van der Waals surface area contributed by atoms with E-state index in [1.807, 2.05) is 19.1 Å². The van der Waals surface area contributed by atoms with Gasteiger partial charge in [0, 0.05) is 0 Å². The summed E-state index contributed by atoms with van der Waals surface area (Å²) in [4.78, 5) is 16.9. The van der Waals surface area contributed by atoms with Gasteiger partial charge in [-0.05, 0) is 64.2 Å². The number of halogens is 1. The number of hydrogen-bond acceptors (Lipinski definition) is 6. The highest BCUT2D eigenvalue weighted by Crippen LogP contribution is 2.35. The molecule has 3 rings (SSSR count). The van der Waals surface area contributed by atoms with Crippen molar-refractivity contribution in [3.8, 4) is 21.9 Å². The number of thiazole rings is 1. The number of benzene rings is 2. The topological polar surface area (TPSA) is 57.7 Å². The second-order valence-electron chi connectivity index (χ2n) is 6.76. The first-order chi connectivity index (χ1) is 14.5. The summed E-state index contributed by atoms with van der Waals surface area (Å²) in [7, 11) is 1.33. The second-order valence-corrected chi connectivity index (χ2v) is 8.59. The lowest BCUT2D eigenvalue weighted by Crippen LogP contribution is -2.13. The van der Waals surface area contributed by atoms with Gasteiger partial charge in [0.25, 0.3) is 0 Å². The SMILES string of the molecule is CCCc1ccc(-c2sc(COc3ccc(OCC(=O)OC)c(C)c3)nc2Br)cc1. The number of carbonyl (C=O) groups is 1. The number of esters is 1. The zero-order chi connectivity index (χ0) is 21.5. The largest absolute Gasteiger partial charge is 0.486 e. The highest BCUT2D eigenvalue weighted by atomic mass is 79.9. The summed E-state index contributed by atoms with van der Waals surface area (Å²) < 4.78 is 16.8. The van der Waals surface area contributed by atoms with Crippen LogP contribution in [0.15, 0.2) is 47.1 Å². The van der Waals surface area contributed by atoms with E-state index in [0.29, 0.717) is 12.4 Å². The van der Waals surface area contributed by atoms with Crippen LogP contribution < -0.4 is 9.47 Å². The molecule has 0 unspecified atom stereocenters. The van der Waals surface area contributed by atoms with Crippen molar-refractivity contribution in [3.05, 3.63) is 63.2 Å². The molecule has 7 heteroatoms. The van der Waals surface area contributed by atoms with E-state index in [-0.39, 0.29) is 6.61 Å². The molecule has 0 saturated heterocycles. The van der Waals surface area contributed by atoms with Crippen LogP contribution in [0.4, 0.5) is 0 Å². The number of rotatable bonds is 9. The van der Waals surface area contributed by atoms with Crippen molar-refractivity contribution in [1.29, 1.82) is 0 Å². The maximum atomic E-state index is 11.2. The summed E-state index contributed by atoms with van der Waals surface area (Å²) in [5.41, 5.74) is 3.37. The van der Waals surface area contributed by atoms with Crippen LogP contribution in [0.25, 0.3) is 10.4 Å². The summed E-state index contributed by atoms with van der Waals surface area (Å²) in [5, 5.41) is 0.887. The van der Waals surface area contributed by atoms with Crippen LogP contribution >= 0.6 is 27.3 Å². The van der Waals surface area contributed by atoms with Crippen LogP contribution in [0.3, 0.4) is 0 Å². The van der Waals surface area contributed by atoms with E-state index < -0.39 is 5.97 Å². The zero-order valence-corrected chi connectivity index (χ0v) is 19.6. The van der Waals surface area contributed by atoms with Gasteiger partial charge in [-0.15, -0.1) is 11.3 Å². The first-order valence-corrected chi connectivity index (χ1v) is 11.3. The third-order valence-electron chi connectivity index (χ3n) is 4.47. The van der Waals surface area contributed by atoms with Gasteiger partial charge in [-0.3, -0.25) is 0 Å². The van der Waals surface area contributed by atoms with Gasteiger partial charge in [-0.1, -0.05) is 37.6 Å². The molecular formula is C23H24BrNO4S. The lowest BCUT2D eigenvalue weighted by Gasteiger charge is -2.10. The van der Waals surface area contributed by atoms with Crippen LogP contribution in [0.1, 0.15) is 29.5 Å². The van der Waals surface area contributed by atoms with E-state index >= 15 is 0 Å². The molecule has 3 aromatic rings. The van der Waals surface area contributed by atoms with Gasteiger partial charge in [0.05, 0.1) is 12.0 Å². The van der Waals surface area contributed by atoms with Crippen molar-refractivity contribution in [2.75, 3.05) is 13.7 Å². The van der Waals surface area contributed by atoms with Gasteiger partial charge in [0.2, 0.25) is 0 Å². The fourth-order valence-electron chi connectivity index (χ4n) is 2.91. The standard InChI is InChI=1S/C23H24BrNO4S/c1-4-5-16-6-8-17(9-7-16)22-23(24)25-20(30-22)13-28-18-10-11-19(15(2)12-18)29-14-21(26)27-3/h6-12H,4-5,13-14H2,1-3H3. The molecule has 0 fully saturated rings. The third kappa shape index (κ3) is 5.83. The Labute approximate surface area is 189 Å². The van der Waals surface area contributed by atoms with Crippen molar-refractivity contribution in [1.82, 2.24) is 4.98 Å². The molecule has 158 valence electrons. The van der Waals surface area contributed by atoms with Crippen molar-refractivity contribution in [2.24, 2.45) is 0 Å². The minimum absolute atomic E-state index is 0.118. The van der Waals surface area contributed by atoms with E-state index in [0.717, 1.165) is 44.2 Å². The molecule has 1 aromatic heterocycles. The van der Waals surface area contributed by atoms with E-state index in [1.165, 1.54) is 12.7 Å². The Morgan fingerprint density at radius 3 is 2.57 bits per heavy atom. The molecule has 5 nitrogen and oxygen atoms in total. The first kappa shape index (κ1) is 22.3. The summed E-state index contributed by atoms with van der Waals surface area (Å²) in [6, 6.07) is 14.1. The number of ether oxygens (including phenoxy) is 3. The lowest BCUT2D eigenvalue weighted by molar-refractivity contribution is -0.142. The molecule has 0 aliphatic heterocycles. The minimum Gasteiger partial charge on any atom is -0.486 e. The van der Waals surface area contributed by atoms with Crippen LogP contribution in [0, 0.1) is 6.92 Å². The fraction of sp³-hybridized carbons (Fsp3) is 0.304. The molecular weight excluding hydrogens is 466 g/mol. The normalized spacial score (nSPS) is 10.7. The Hall–Kier alpha value is -2.38. The van der Waals surface area contributed by atoms with Gasteiger partial charge in [0.15, 0.2) is 6.61 Å². The number of carbonyl (C=O) groups excluding carboxylic acids is 1. The Balaban J connectivity index is 1.63. The maximum absolute atomic E-state index is 11.2. The molecule has 0 N–H and O–H groups in total. The number of nitrogens with zero attached hydrogens (tertiary/aromatic N) is 1. The number of hydrogen-bond donors (Lipinski definition) is 0. The van der Waals surface area contributed by atoms with Gasteiger partial charge < -0.3 is 14.2 Å². The predicted molar refractivity (Wildman–Crippen MR) is 122 cm³/mol. The van der Waals surface area contributed by atoms with Gasteiger partial charge in [-0.25, -0.2) is 9.78 Å². The Bertz CT molecular complexity index is 1000. The Kier molecular flexibility index (Phi) is 7.87. The molecule has 2 aromatic carbocycles. The number of aromatic nitrogens is 1. The minimum atomic E-state index is -0.417. The summed E-state index contributed by atoms with van der Waals surface area (Å²) in [6.07, 6.45) is 2.23. The van der Waals surface area contributed by atoms with E-state index in [9.17, 15) is 4.79 Å². The van der Waals surface area contributed by atoms with Gasteiger partial charge in [0.1, 0.15) is 27.7 Å². The Morgan fingerprint density at radius 2 is 1.90 bits per heavy atom. The fourth-order valence-corrected chi connectivity index (χ4v) is 4.59. The molecule has 0 aliphatic rings. The number of methoxy groups -OCH3 is 1. The molecule has 0 amide bonds. The maximum Gasteiger partial charge on any atom is 0.343 e. The number of aryl methyl sites for hydroxylation is 2. The van der Waals surface area contributed by atoms with Crippen LogP contribution in [-0.2, 0) is 22.6 Å². The molecule has 30 heavy (non-hydrogen) atoms. The summed E-state index contributed by atoms with van der Waals surface area (Å²) in [5.74, 6) is 0.924. The highest BCUT2D eigenvalue weighted by molar-refractivity contribution is 9.10. The summed E-state index contributed by atoms with van der Waals surface area (Å²) in [6.45, 7) is 4.34. The smallest absolute Gasteiger partial charge is 0.343 e. The van der Waals surface area contributed by atoms with Gasteiger partial charge in [-0.2, -0.15) is 0 Å². The van der Waals surface area contributed by atoms with Crippen LogP contribution in [0.5, 0.6) is 11.5 Å². The Morgan fingerprint density at radius 1 is 1.13 bits per heavy atom. The summed E-state index contributed by atoms with van der Waals surface area (Å²) >= 11 is 5.19. The molecule has 0 radical (unpaired) electrons. The molecule has 1 heterocycles. The average Bonchev–Trinajstić information content (AvgIpc) is 3.12. The molecule has 0 aliphatic carbocycles. The molecule has 0 saturated carbocycles.